The third-order valence-corrected chi connectivity index (χ3v) is 3.61. The van der Waals surface area contributed by atoms with Gasteiger partial charge in [-0.3, -0.25) is 0 Å². The summed E-state index contributed by atoms with van der Waals surface area (Å²) in [5.41, 5.74) is 1.97. The fourth-order valence-corrected chi connectivity index (χ4v) is 2.47. The number of fused-ring (bicyclic) bond motifs is 1. The summed E-state index contributed by atoms with van der Waals surface area (Å²) in [6.45, 7) is 0. The van der Waals surface area contributed by atoms with Gasteiger partial charge < -0.3 is 4.42 Å². The van der Waals surface area contributed by atoms with E-state index in [1.807, 2.05) is 24.3 Å². The second-order valence-electron chi connectivity index (χ2n) is 4.13. The highest BCUT2D eigenvalue weighted by atomic mass is 79.9. The van der Waals surface area contributed by atoms with E-state index in [1.165, 1.54) is 6.07 Å². The zero-order chi connectivity index (χ0) is 13.4. The molecule has 0 aliphatic rings. The third-order valence-electron chi connectivity index (χ3n) is 2.86. The van der Waals surface area contributed by atoms with Crippen LogP contribution in [-0.2, 0) is 0 Å². The minimum absolute atomic E-state index is 0.365. The van der Waals surface area contributed by atoms with Crippen LogP contribution in [-0.4, -0.2) is 0 Å². The highest BCUT2D eigenvalue weighted by Gasteiger charge is 2.08. The Balaban J connectivity index is 2.34. The minimum Gasteiger partial charge on any atom is -0.423 e. The van der Waals surface area contributed by atoms with Crippen LogP contribution in [0.5, 0.6) is 0 Å². The molecular weight excluding hydrogens is 328 g/mol. The van der Waals surface area contributed by atoms with E-state index in [9.17, 15) is 4.79 Å². The summed E-state index contributed by atoms with van der Waals surface area (Å²) >= 11 is 9.25. The summed E-state index contributed by atoms with van der Waals surface area (Å²) in [7, 11) is 0. The van der Waals surface area contributed by atoms with Gasteiger partial charge in [-0.2, -0.15) is 0 Å². The molecule has 0 N–H and O–H groups in total. The SMILES string of the molecule is O=c1cc(-c2ccc(Cl)cc2)c2ccc(Br)cc2o1. The molecule has 1 heterocycles. The van der Waals surface area contributed by atoms with E-state index >= 15 is 0 Å². The van der Waals surface area contributed by atoms with E-state index in [-0.39, 0.29) is 5.63 Å². The summed E-state index contributed by atoms with van der Waals surface area (Å²) in [4.78, 5) is 11.6. The lowest BCUT2D eigenvalue weighted by Gasteiger charge is -2.06. The molecule has 0 fully saturated rings. The predicted octanol–water partition coefficient (Wildman–Crippen LogP) is 4.88. The van der Waals surface area contributed by atoms with Crippen molar-refractivity contribution < 1.29 is 4.42 Å². The molecule has 0 bridgehead atoms. The number of hydrogen-bond donors (Lipinski definition) is 0. The molecule has 0 atom stereocenters. The summed E-state index contributed by atoms with van der Waals surface area (Å²) in [6.07, 6.45) is 0. The van der Waals surface area contributed by atoms with Gasteiger partial charge in [0.2, 0.25) is 0 Å². The molecule has 2 aromatic carbocycles. The number of rotatable bonds is 1. The second kappa shape index (κ2) is 4.83. The lowest BCUT2D eigenvalue weighted by Crippen LogP contribution is -1.98. The second-order valence-corrected chi connectivity index (χ2v) is 5.48. The van der Waals surface area contributed by atoms with Crippen LogP contribution in [0, 0.1) is 0 Å². The van der Waals surface area contributed by atoms with Crippen LogP contribution in [0.4, 0.5) is 0 Å². The van der Waals surface area contributed by atoms with Crippen molar-refractivity contribution >= 4 is 38.5 Å². The molecule has 0 aliphatic carbocycles. The van der Waals surface area contributed by atoms with Crippen molar-refractivity contribution in [1.82, 2.24) is 0 Å². The van der Waals surface area contributed by atoms with E-state index in [0.717, 1.165) is 21.0 Å². The van der Waals surface area contributed by atoms with E-state index in [1.54, 1.807) is 18.2 Å². The van der Waals surface area contributed by atoms with Gasteiger partial charge in [0.1, 0.15) is 5.58 Å². The molecular formula is C15H8BrClO2. The van der Waals surface area contributed by atoms with Gasteiger partial charge in [0.25, 0.3) is 0 Å². The van der Waals surface area contributed by atoms with Crippen molar-refractivity contribution in [2.24, 2.45) is 0 Å². The maximum Gasteiger partial charge on any atom is 0.336 e. The average molecular weight is 336 g/mol. The van der Waals surface area contributed by atoms with Gasteiger partial charge in [0, 0.05) is 20.9 Å². The highest BCUT2D eigenvalue weighted by molar-refractivity contribution is 9.10. The maximum absolute atomic E-state index is 11.6. The normalized spacial score (nSPS) is 10.8. The molecule has 94 valence electrons. The fraction of sp³-hybridized carbons (Fsp3) is 0. The van der Waals surface area contributed by atoms with E-state index in [2.05, 4.69) is 15.9 Å². The average Bonchev–Trinajstić information content (AvgIpc) is 2.38. The first-order chi connectivity index (χ1) is 9.13. The smallest absolute Gasteiger partial charge is 0.336 e. The molecule has 0 amide bonds. The predicted molar refractivity (Wildman–Crippen MR) is 80.6 cm³/mol. The van der Waals surface area contributed by atoms with Crippen LogP contribution >= 0.6 is 27.5 Å². The van der Waals surface area contributed by atoms with Gasteiger partial charge in [0.15, 0.2) is 0 Å². The summed E-state index contributed by atoms with van der Waals surface area (Å²) < 4.78 is 6.09. The maximum atomic E-state index is 11.6. The lowest BCUT2D eigenvalue weighted by atomic mass is 10.0. The molecule has 0 saturated carbocycles. The standard InChI is InChI=1S/C15H8BrClO2/c16-10-3-6-12-13(8-15(18)19-14(12)7-10)9-1-4-11(17)5-2-9/h1-8H. The zero-order valence-electron chi connectivity index (χ0n) is 9.69. The quantitative estimate of drug-likeness (QED) is 0.594. The highest BCUT2D eigenvalue weighted by Crippen LogP contribution is 2.29. The lowest BCUT2D eigenvalue weighted by molar-refractivity contribution is 0.561. The van der Waals surface area contributed by atoms with Crippen molar-refractivity contribution in [2.45, 2.75) is 0 Å². The van der Waals surface area contributed by atoms with Crippen molar-refractivity contribution in [3.63, 3.8) is 0 Å². The van der Waals surface area contributed by atoms with Crippen LogP contribution < -0.4 is 5.63 Å². The van der Waals surface area contributed by atoms with E-state index in [0.29, 0.717) is 10.6 Å². The van der Waals surface area contributed by atoms with Gasteiger partial charge in [-0.25, -0.2) is 4.79 Å². The van der Waals surface area contributed by atoms with E-state index < -0.39 is 0 Å². The largest absolute Gasteiger partial charge is 0.423 e. The van der Waals surface area contributed by atoms with Gasteiger partial charge in [0.05, 0.1) is 0 Å². The van der Waals surface area contributed by atoms with Gasteiger partial charge in [-0.1, -0.05) is 39.7 Å². The van der Waals surface area contributed by atoms with Crippen molar-refractivity contribution in [2.75, 3.05) is 0 Å². The summed E-state index contributed by atoms with van der Waals surface area (Å²) in [5.74, 6) is 0. The first-order valence-corrected chi connectivity index (χ1v) is 6.80. The Morgan fingerprint density at radius 3 is 2.47 bits per heavy atom. The topological polar surface area (TPSA) is 30.2 Å². The molecule has 0 spiro atoms. The van der Waals surface area contributed by atoms with Crippen LogP contribution in [0.25, 0.3) is 22.1 Å². The molecule has 0 radical (unpaired) electrons. The number of benzene rings is 2. The molecule has 19 heavy (non-hydrogen) atoms. The molecule has 2 nitrogen and oxygen atoms in total. The Labute approximate surface area is 122 Å². The van der Waals surface area contributed by atoms with Gasteiger partial charge in [-0.05, 0) is 41.5 Å². The Morgan fingerprint density at radius 2 is 1.74 bits per heavy atom. The Kier molecular flexibility index (Phi) is 3.17. The Hall–Kier alpha value is -1.58. The number of halogens is 2. The molecule has 4 heteroatoms. The monoisotopic (exact) mass is 334 g/mol. The molecule has 0 unspecified atom stereocenters. The van der Waals surface area contributed by atoms with Crippen LogP contribution in [0.3, 0.4) is 0 Å². The molecule has 1 aromatic heterocycles. The van der Waals surface area contributed by atoms with Crippen molar-refractivity contribution in [3.05, 3.63) is 68.4 Å². The Morgan fingerprint density at radius 1 is 1.00 bits per heavy atom. The Bertz CT molecular complexity index is 806. The minimum atomic E-state index is -0.365. The van der Waals surface area contributed by atoms with Crippen molar-refractivity contribution in [3.8, 4) is 11.1 Å². The van der Waals surface area contributed by atoms with Crippen LogP contribution in [0.1, 0.15) is 0 Å². The molecule has 3 rings (SSSR count). The van der Waals surface area contributed by atoms with Gasteiger partial charge in [-0.15, -0.1) is 0 Å². The summed E-state index contributed by atoms with van der Waals surface area (Å²) in [5, 5.41) is 1.56. The molecule has 3 aromatic rings. The fourth-order valence-electron chi connectivity index (χ4n) is 2.00. The third kappa shape index (κ3) is 2.44. The number of hydrogen-bond acceptors (Lipinski definition) is 2. The van der Waals surface area contributed by atoms with Crippen LogP contribution in [0.15, 0.2) is 62.2 Å². The van der Waals surface area contributed by atoms with Crippen molar-refractivity contribution in [1.29, 1.82) is 0 Å². The van der Waals surface area contributed by atoms with Crippen LogP contribution in [0.2, 0.25) is 5.02 Å². The molecule has 0 saturated heterocycles. The first-order valence-electron chi connectivity index (χ1n) is 5.63. The van der Waals surface area contributed by atoms with E-state index in [4.69, 9.17) is 16.0 Å². The summed E-state index contributed by atoms with van der Waals surface area (Å²) in [6, 6.07) is 14.5. The zero-order valence-corrected chi connectivity index (χ0v) is 12.0. The first kappa shape index (κ1) is 12.5. The van der Waals surface area contributed by atoms with Gasteiger partial charge >= 0.3 is 5.63 Å². The molecule has 0 aliphatic heterocycles.